The first-order valence-corrected chi connectivity index (χ1v) is 5.50. The van der Waals surface area contributed by atoms with Crippen molar-refractivity contribution in [3.63, 3.8) is 0 Å². The number of aliphatic carboxylic acids is 1. The molecule has 0 aliphatic carbocycles. The third kappa shape index (κ3) is 3.50. The van der Waals surface area contributed by atoms with E-state index in [0.717, 1.165) is 10.0 Å². The Hall–Kier alpha value is -1.07. The number of rotatable bonds is 5. The molecule has 0 aliphatic rings. The smallest absolute Gasteiger partial charge is 0.332 e. The highest BCUT2D eigenvalue weighted by molar-refractivity contribution is 9.10. The summed E-state index contributed by atoms with van der Waals surface area (Å²) in [6.07, 6.45) is -0.821. The van der Waals surface area contributed by atoms with Crippen LogP contribution in [0.3, 0.4) is 0 Å². The molecule has 1 atom stereocenters. The van der Waals surface area contributed by atoms with Gasteiger partial charge in [0.05, 0.1) is 13.7 Å². The maximum Gasteiger partial charge on any atom is 0.332 e. The Balaban J connectivity index is 2.69. The predicted molar refractivity (Wildman–Crippen MR) is 62.6 cm³/mol. The van der Waals surface area contributed by atoms with Gasteiger partial charge in [-0.15, -0.1) is 0 Å². The van der Waals surface area contributed by atoms with Crippen molar-refractivity contribution in [3.05, 3.63) is 28.2 Å². The summed E-state index contributed by atoms with van der Waals surface area (Å²) in [6, 6.07) is 5.45. The van der Waals surface area contributed by atoms with E-state index in [1.165, 1.54) is 6.92 Å². The summed E-state index contributed by atoms with van der Waals surface area (Å²) < 4.78 is 11.1. The van der Waals surface area contributed by atoms with Gasteiger partial charge in [-0.1, -0.05) is 15.9 Å². The Morgan fingerprint density at radius 2 is 2.25 bits per heavy atom. The molecule has 4 nitrogen and oxygen atoms in total. The summed E-state index contributed by atoms with van der Waals surface area (Å²) in [5, 5.41) is 8.67. The number of hydrogen-bond donors (Lipinski definition) is 1. The molecule has 0 aromatic heterocycles. The van der Waals surface area contributed by atoms with Crippen LogP contribution < -0.4 is 4.74 Å². The van der Waals surface area contributed by atoms with E-state index in [2.05, 4.69) is 15.9 Å². The van der Waals surface area contributed by atoms with Crippen LogP contribution in [0.25, 0.3) is 0 Å². The van der Waals surface area contributed by atoms with Gasteiger partial charge in [-0.25, -0.2) is 4.79 Å². The maximum absolute atomic E-state index is 10.6. The van der Waals surface area contributed by atoms with E-state index in [1.807, 2.05) is 12.1 Å². The highest BCUT2D eigenvalue weighted by Crippen LogP contribution is 2.23. The molecule has 88 valence electrons. The first-order chi connectivity index (χ1) is 7.54. The van der Waals surface area contributed by atoms with E-state index in [4.69, 9.17) is 14.6 Å². The van der Waals surface area contributed by atoms with Crippen molar-refractivity contribution in [1.29, 1.82) is 0 Å². The van der Waals surface area contributed by atoms with E-state index in [1.54, 1.807) is 13.2 Å². The largest absolute Gasteiger partial charge is 0.497 e. The number of carboxylic acid groups (broad SMARTS) is 1. The van der Waals surface area contributed by atoms with Crippen molar-refractivity contribution >= 4 is 21.9 Å². The lowest BCUT2D eigenvalue weighted by molar-refractivity contribution is -0.149. The van der Waals surface area contributed by atoms with Crippen LogP contribution >= 0.6 is 15.9 Å². The molecule has 0 heterocycles. The number of hydrogen-bond acceptors (Lipinski definition) is 3. The van der Waals surface area contributed by atoms with Crippen molar-refractivity contribution in [2.45, 2.75) is 19.6 Å². The number of methoxy groups -OCH3 is 1. The molecule has 0 fully saturated rings. The predicted octanol–water partition coefficient (Wildman–Crippen LogP) is 2.45. The average molecular weight is 289 g/mol. The van der Waals surface area contributed by atoms with Gasteiger partial charge in [0, 0.05) is 4.47 Å². The fourth-order valence-corrected chi connectivity index (χ4v) is 1.44. The molecule has 5 heteroatoms. The average Bonchev–Trinajstić information content (AvgIpc) is 2.27. The van der Waals surface area contributed by atoms with Gasteiger partial charge >= 0.3 is 5.97 Å². The zero-order valence-corrected chi connectivity index (χ0v) is 10.7. The lowest BCUT2D eigenvalue weighted by Gasteiger charge is -2.10. The molecule has 1 rings (SSSR count). The maximum atomic E-state index is 10.6. The standard InChI is InChI=1S/C11H13BrO4/c1-7(11(13)14)16-6-8-5-9(15-2)3-4-10(8)12/h3-5,7H,6H2,1-2H3,(H,13,14)/t7-/m0/s1. The summed E-state index contributed by atoms with van der Waals surface area (Å²) >= 11 is 3.36. The van der Waals surface area contributed by atoms with Crippen LogP contribution in [-0.4, -0.2) is 24.3 Å². The molecule has 1 N–H and O–H groups in total. The van der Waals surface area contributed by atoms with Crippen LogP contribution in [0.2, 0.25) is 0 Å². The quantitative estimate of drug-likeness (QED) is 0.904. The van der Waals surface area contributed by atoms with Gasteiger partial charge < -0.3 is 14.6 Å². The highest BCUT2D eigenvalue weighted by Gasteiger charge is 2.12. The summed E-state index contributed by atoms with van der Waals surface area (Å²) in [5.41, 5.74) is 0.854. The van der Waals surface area contributed by atoms with Gasteiger partial charge in [0.1, 0.15) is 5.75 Å². The lowest BCUT2D eigenvalue weighted by atomic mass is 10.2. The molecular weight excluding hydrogens is 276 g/mol. The lowest BCUT2D eigenvalue weighted by Crippen LogP contribution is -2.19. The first-order valence-electron chi connectivity index (χ1n) is 4.71. The summed E-state index contributed by atoms with van der Waals surface area (Å²) in [7, 11) is 1.58. The van der Waals surface area contributed by atoms with E-state index in [-0.39, 0.29) is 6.61 Å². The minimum Gasteiger partial charge on any atom is -0.497 e. The third-order valence-electron chi connectivity index (χ3n) is 2.09. The van der Waals surface area contributed by atoms with E-state index < -0.39 is 12.1 Å². The van der Waals surface area contributed by atoms with Crippen LogP contribution in [0.15, 0.2) is 22.7 Å². The number of ether oxygens (including phenoxy) is 2. The van der Waals surface area contributed by atoms with Crippen molar-refractivity contribution in [3.8, 4) is 5.75 Å². The topological polar surface area (TPSA) is 55.8 Å². The third-order valence-corrected chi connectivity index (χ3v) is 2.86. The molecule has 16 heavy (non-hydrogen) atoms. The fourth-order valence-electron chi connectivity index (χ4n) is 1.07. The second kappa shape index (κ2) is 5.86. The van der Waals surface area contributed by atoms with Crippen LogP contribution in [0.1, 0.15) is 12.5 Å². The molecule has 0 saturated carbocycles. The molecule has 1 aromatic carbocycles. The highest BCUT2D eigenvalue weighted by atomic mass is 79.9. The van der Waals surface area contributed by atoms with Crippen molar-refractivity contribution < 1.29 is 19.4 Å². The number of halogens is 1. The summed E-state index contributed by atoms with van der Waals surface area (Å²) in [6.45, 7) is 1.72. The van der Waals surface area contributed by atoms with Gasteiger partial charge in [-0.3, -0.25) is 0 Å². The summed E-state index contributed by atoms with van der Waals surface area (Å²) in [5.74, 6) is -0.260. The molecule has 0 spiro atoms. The van der Waals surface area contributed by atoms with Gasteiger partial charge in [-0.2, -0.15) is 0 Å². The van der Waals surface area contributed by atoms with Crippen molar-refractivity contribution in [2.75, 3.05) is 7.11 Å². The summed E-state index contributed by atoms with van der Waals surface area (Å²) in [4.78, 5) is 10.6. The molecular formula is C11H13BrO4. The minimum absolute atomic E-state index is 0.227. The second-order valence-corrected chi connectivity index (χ2v) is 4.10. The van der Waals surface area contributed by atoms with Crippen molar-refractivity contribution in [2.24, 2.45) is 0 Å². The molecule has 0 unspecified atom stereocenters. The van der Waals surface area contributed by atoms with Crippen LogP contribution in [0, 0.1) is 0 Å². The normalized spacial score (nSPS) is 12.2. The van der Waals surface area contributed by atoms with E-state index >= 15 is 0 Å². The van der Waals surface area contributed by atoms with Crippen molar-refractivity contribution in [1.82, 2.24) is 0 Å². The Kier molecular flexibility index (Phi) is 4.76. The Morgan fingerprint density at radius 1 is 1.56 bits per heavy atom. The molecule has 0 radical (unpaired) electrons. The number of carboxylic acids is 1. The SMILES string of the molecule is COc1ccc(Br)c(CO[C@@H](C)C(=O)O)c1. The minimum atomic E-state index is -0.973. The molecule has 0 amide bonds. The Bertz CT molecular complexity index is 378. The van der Waals surface area contributed by atoms with Gasteiger partial charge in [0.25, 0.3) is 0 Å². The first kappa shape index (κ1) is 13.0. The number of benzene rings is 1. The van der Waals surface area contributed by atoms with Gasteiger partial charge in [0.15, 0.2) is 6.10 Å². The molecule has 0 bridgehead atoms. The fraction of sp³-hybridized carbons (Fsp3) is 0.364. The zero-order valence-electron chi connectivity index (χ0n) is 9.07. The Morgan fingerprint density at radius 3 is 2.81 bits per heavy atom. The zero-order chi connectivity index (χ0) is 12.1. The van der Waals surface area contributed by atoms with Crippen LogP contribution in [0.5, 0.6) is 5.75 Å². The number of carbonyl (C=O) groups is 1. The van der Waals surface area contributed by atoms with Gasteiger partial charge in [0.2, 0.25) is 0 Å². The van der Waals surface area contributed by atoms with Crippen LogP contribution in [-0.2, 0) is 16.1 Å². The molecule has 0 aliphatic heterocycles. The monoisotopic (exact) mass is 288 g/mol. The second-order valence-electron chi connectivity index (χ2n) is 3.25. The molecule has 1 aromatic rings. The van der Waals surface area contributed by atoms with Crippen LogP contribution in [0.4, 0.5) is 0 Å². The molecule has 0 saturated heterocycles. The van der Waals surface area contributed by atoms with Gasteiger partial charge in [-0.05, 0) is 30.7 Å². The van der Waals surface area contributed by atoms with E-state index in [0.29, 0.717) is 5.75 Å². The Labute approximate surface area is 102 Å². The van der Waals surface area contributed by atoms with E-state index in [9.17, 15) is 4.79 Å².